The highest BCUT2D eigenvalue weighted by atomic mass is 32.1. The van der Waals surface area contributed by atoms with Crippen molar-refractivity contribution in [2.24, 2.45) is 0 Å². The van der Waals surface area contributed by atoms with E-state index in [1.807, 2.05) is 67.6 Å². The predicted molar refractivity (Wildman–Crippen MR) is 140 cm³/mol. The molecule has 1 atom stereocenters. The van der Waals surface area contributed by atoms with Gasteiger partial charge in [0.15, 0.2) is 0 Å². The number of nitrogens with zero attached hydrogens (tertiary/aromatic N) is 3. The lowest BCUT2D eigenvalue weighted by atomic mass is 10.1. The van der Waals surface area contributed by atoms with Crippen LogP contribution in [0.4, 0.5) is 17.3 Å². The number of morpholine rings is 1. The molecular weight excluding hydrogens is 458 g/mol. The van der Waals surface area contributed by atoms with Gasteiger partial charge in [-0.2, -0.15) is 0 Å². The molecule has 3 heterocycles. The number of nitrogens with one attached hydrogen (secondary N) is 2. The summed E-state index contributed by atoms with van der Waals surface area (Å²) in [5, 5.41) is 6.38. The fourth-order valence-electron chi connectivity index (χ4n) is 3.98. The van der Waals surface area contributed by atoms with E-state index in [9.17, 15) is 4.79 Å². The standard InChI is InChI=1S/C27H27N5O2S/c1-19(20-6-3-2-4-7-20)29-26(33)25-11-10-24(35-25)23-12-13-28-27(31-23)30-21-8-5-9-22(18-21)32-14-16-34-17-15-32/h2-13,18-19H,14-17H2,1H3,(H,29,33)(H,28,30,31)/t19-/m1/s1. The largest absolute Gasteiger partial charge is 0.378 e. The molecule has 2 N–H and O–H groups in total. The molecule has 1 aliphatic rings. The van der Waals surface area contributed by atoms with Crippen molar-refractivity contribution < 1.29 is 9.53 Å². The number of thiophene rings is 1. The van der Waals surface area contributed by atoms with Gasteiger partial charge in [-0.05, 0) is 48.9 Å². The van der Waals surface area contributed by atoms with Gasteiger partial charge in [0, 0.05) is 30.7 Å². The first-order chi connectivity index (χ1) is 17.2. The highest BCUT2D eigenvalue weighted by Gasteiger charge is 2.15. The second-order valence-electron chi connectivity index (χ2n) is 8.31. The van der Waals surface area contributed by atoms with E-state index in [2.05, 4.69) is 37.6 Å². The van der Waals surface area contributed by atoms with Crippen LogP contribution < -0.4 is 15.5 Å². The van der Waals surface area contributed by atoms with Crippen LogP contribution in [0.1, 0.15) is 28.2 Å². The molecule has 5 rings (SSSR count). The lowest BCUT2D eigenvalue weighted by Gasteiger charge is -2.29. The monoisotopic (exact) mass is 485 g/mol. The first kappa shape index (κ1) is 23.0. The third kappa shape index (κ3) is 5.67. The van der Waals surface area contributed by atoms with E-state index in [4.69, 9.17) is 4.74 Å². The molecule has 35 heavy (non-hydrogen) atoms. The summed E-state index contributed by atoms with van der Waals surface area (Å²) in [5.41, 5.74) is 3.91. The number of benzene rings is 2. The summed E-state index contributed by atoms with van der Waals surface area (Å²) >= 11 is 1.42. The van der Waals surface area contributed by atoms with Crippen molar-refractivity contribution in [2.45, 2.75) is 13.0 Å². The van der Waals surface area contributed by atoms with Gasteiger partial charge >= 0.3 is 0 Å². The molecule has 1 amide bonds. The normalized spacial score (nSPS) is 14.4. The second-order valence-corrected chi connectivity index (χ2v) is 9.39. The average molecular weight is 486 g/mol. The summed E-state index contributed by atoms with van der Waals surface area (Å²) < 4.78 is 5.46. The smallest absolute Gasteiger partial charge is 0.261 e. The molecule has 1 fully saturated rings. The number of amides is 1. The van der Waals surface area contributed by atoms with E-state index in [0.717, 1.165) is 53.8 Å². The predicted octanol–water partition coefficient (Wildman–Crippen LogP) is 5.28. The quantitative estimate of drug-likeness (QED) is 0.371. The number of ether oxygens (including phenoxy) is 1. The maximum atomic E-state index is 12.8. The third-order valence-electron chi connectivity index (χ3n) is 5.86. The van der Waals surface area contributed by atoms with Crippen molar-refractivity contribution in [1.82, 2.24) is 15.3 Å². The van der Waals surface area contributed by atoms with Crippen molar-refractivity contribution >= 4 is 34.6 Å². The Balaban J connectivity index is 1.27. The van der Waals surface area contributed by atoms with Crippen LogP contribution in [-0.2, 0) is 4.74 Å². The molecule has 0 saturated carbocycles. The molecule has 178 valence electrons. The first-order valence-electron chi connectivity index (χ1n) is 11.6. The number of carbonyl (C=O) groups is 1. The second kappa shape index (κ2) is 10.7. The van der Waals surface area contributed by atoms with Crippen LogP contribution >= 0.6 is 11.3 Å². The SMILES string of the molecule is C[C@@H](NC(=O)c1ccc(-c2ccnc(Nc3cccc(N4CCOCC4)c3)n2)s1)c1ccccc1. The Morgan fingerprint density at radius 1 is 1.03 bits per heavy atom. The summed E-state index contributed by atoms with van der Waals surface area (Å²) in [5.74, 6) is 0.420. The van der Waals surface area contributed by atoms with E-state index in [-0.39, 0.29) is 11.9 Å². The minimum absolute atomic E-state index is 0.0719. The van der Waals surface area contributed by atoms with Gasteiger partial charge in [-0.25, -0.2) is 9.97 Å². The van der Waals surface area contributed by atoms with Crippen LogP contribution in [0, 0.1) is 0 Å². The molecule has 0 unspecified atom stereocenters. The van der Waals surface area contributed by atoms with Gasteiger partial charge < -0.3 is 20.3 Å². The lowest BCUT2D eigenvalue weighted by Crippen LogP contribution is -2.36. The van der Waals surface area contributed by atoms with Crippen LogP contribution in [0.2, 0.25) is 0 Å². The third-order valence-corrected chi connectivity index (χ3v) is 6.97. The molecule has 8 heteroatoms. The zero-order valence-electron chi connectivity index (χ0n) is 19.5. The molecule has 1 saturated heterocycles. The first-order valence-corrected chi connectivity index (χ1v) is 12.5. The van der Waals surface area contributed by atoms with Gasteiger partial charge in [0.05, 0.1) is 34.7 Å². The molecule has 2 aromatic carbocycles. The van der Waals surface area contributed by atoms with Crippen molar-refractivity contribution in [3.05, 3.63) is 89.4 Å². The fourth-order valence-corrected chi connectivity index (χ4v) is 4.86. The van der Waals surface area contributed by atoms with Gasteiger partial charge in [0.1, 0.15) is 0 Å². The van der Waals surface area contributed by atoms with Gasteiger partial charge in [-0.1, -0.05) is 36.4 Å². The van der Waals surface area contributed by atoms with Crippen molar-refractivity contribution in [2.75, 3.05) is 36.5 Å². The summed E-state index contributed by atoms with van der Waals surface area (Å²) in [4.78, 5) is 25.7. The summed E-state index contributed by atoms with van der Waals surface area (Å²) in [6.45, 7) is 5.24. The molecular formula is C27H27N5O2S. The molecule has 0 radical (unpaired) electrons. The molecule has 2 aromatic heterocycles. The summed E-state index contributed by atoms with van der Waals surface area (Å²) in [6.07, 6.45) is 1.73. The lowest BCUT2D eigenvalue weighted by molar-refractivity contribution is 0.0944. The number of rotatable bonds is 7. The van der Waals surface area contributed by atoms with Crippen LogP contribution in [0.3, 0.4) is 0 Å². The number of aromatic nitrogens is 2. The fraction of sp³-hybridized carbons (Fsp3) is 0.222. The highest BCUT2D eigenvalue weighted by molar-refractivity contribution is 7.17. The van der Waals surface area contributed by atoms with Crippen LogP contribution in [0.5, 0.6) is 0 Å². The minimum atomic E-state index is -0.0927. The average Bonchev–Trinajstić information content (AvgIpc) is 3.41. The molecule has 0 bridgehead atoms. The van der Waals surface area contributed by atoms with E-state index in [0.29, 0.717) is 10.8 Å². The number of hydrogen-bond donors (Lipinski definition) is 2. The van der Waals surface area contributed by atoms with Gasteiger partial charge in [-0.3, -0.25) is 4.79 Å². The number of anilines is 3. The molecule has 0 spiro atoms. The summed E-state index contributed by atoms with van der Waals surface area (Å²) in [6, 6.07) is 23.7. The van der Waals surface area contributed by atoms with Crippen LogP contribution in [0.25, 0.3) is 10.6 Å². The van der Waals surface area contributed by atoms with Gasteiger partial charge in [0.2, 0.25) is 5.95 Å². The summed E-state index contributed by atoms with van der Waals surface area (Å²) in [7, 11) is 0. The zero-order valence-corrected chi connectivity index (χ0v) is 20.3. The minimum Gasteiger partial charge on any atom is -0.378 e. The Hall–Kier alpha value is -3.75. The Kier molecular flexibility index (Phi) is 7.02. The molecule has 4 aromatic rings. The van der Waals surface area contributed by atoms with Crippen LogP contribution in [0.15, 0.2) is 79.0 Å². The van der Waals surface area contributed by atoms with E-state index >= 15 is 0 Å². The Bertz CT molecular complexity index is 1290. The zero-order chi connectivity index (χ0) is 24.0. The topological polar surface area (TPSA) is 79.4 Å². The number of hydrogen-bond acceptors (Lipinski definition) is 7. The Morgan fingerprint density at radius 3 is 2.69 bits per heavy atom. The molecule has 1 aliphatic heterocycles. The molecule has 0 aliphatic carbocycles. The van der Waals surface area contributed by atoms with Crippen LogP contribution in [-0.4, -0.2) is 42.2 Å². The van der Waals surface area contributed by atoms with E-state index in [1.54, 1.807) is 6.20 Å². The van der Waals surface area contributed by atoms with Crippen molar-refractivity contribution in [3.8, 4) is 10.6 Å². The van der Waals surface area contributed by atoms with Crippen molar-refractivity contribution in [1.29, 1.82) is 0 Å². The maximum absolute atomic E-state index is 12.8. The Morgan fingerprint density at radius 2 is 1.86 bits per heavy atom. The van der Waals surface area contributed by atoms with E-state index in [1.165, 1.54) is 11.3 Å². The maximum Gasteiger partial charge on any atom is 0.261 e. The molecule has 7 nitrogen and oxygen atoms in total. The van der Waals surface area contributed by atoms with Gasteiger partial charge in [-0.15, -0.1) is 11.3 Å². The highest BCUT2D eigenvalue weighted by Crippen LogP contribution is 2.28. The van der Waals surface area contributed by atoms with Gasteiger partial charge in [0.25, 0.3) is 5.91 Å². The van der Waals surface area contributed by atoms with E-state index < -0.39 is 0 Å². The Labute approximate surface area is 208 Å². The van der Waals surface area contributed by atoms with Crippen molar-refractivity contribution in [3.63, 3.8) is 0 Å². The number of carbonyl (C=O) groups excluding carboxylic acids is 1.